The summed E-state index contributed by atoms with van der Waals surface area (Å²) in [7, 11) is 3.38. The molecule has 34 heavy (non-hydrogen) atoms. The lowest BCUT2D eigenvalue weighted by Crippen LogP contribution is -2.27. The summed E-state index contributed by atoms with van der Waals surface area (Å²) < 4.78 is 11.2. The van der Waals surface area contributed by atoms with Crippen LogP contribution in [0.15, 0.2) is 72.8 Å². The maximum absolute atomic E-state index is 5.65. The zero-order valence-corrected chi connectivity index (χ0v) is 20.4. The predicted octanol–water partition coefficient (Wildman–Crippen LogP) is 3.46. The van der Waals surface area contributed by atoms with Gasteiger partial charge in [-0.05, 0) is 28.8 Å². The van der Waals surface area contributed by atoms with Crippen LogP contribution in [0.1, 0.15) is 22.3 Å². The van der Waals surface area contributed by atoms with Gasteiger partial charge in [-0.2, -0.15) is 0 Å². The molecule has 3 aromatic carbocycles. The Morgan fingerprint density at radius 1 is 0.529 bits per heavy atom. The second kappa shape index (κ2) is 15.1. The first-order chi connectivity index (χ1) is 16.8. The maximum Gasteiger partial charge on any atom is 0.165 e. The Morgan fingerprint density at radius 3 is 1.47 bits per heavy atom. The fourth-order valence-electron chi connectivity index (χ4n) is 3.81. The van der Waals surface area contributed by atoms with Crippen molar-refractivity contribution in [1.29, 1.82) is 0 Å². The average molecular weight is 463 g/mol. The lowest BCUT2D eigenvalue weighted by atomic mass is 10.1. The van der Waals surface area contributed by atoms with Gasteiger partial charge in [0.2, 0.25) is 0 Å². The maximum atomic E-state index is 5.65. The van der Waals surface area contributed by atoms with E-state index in [0.717, 1.165) is 69.4 Å². The number of hydrogen-bond donors (Lipinski definition) is 4. The monoisotopic (exact) mass is 462 g/mol. The van der Waals surface area contributed by atoms with Gasteiger partial charge in [0.05, 0.1) is 14.2 Å². The highest BCUT2D eigenvalue weighted by Gasteiger charge is 2.12. The van der Waals surface area contributed by atoms with Crippen LogP contribution in [0, 0.1) is 0 Å². The molecule has 0 bridgehead atoms. The van der Waals surface area contributed by atoms with Crippen LogP contribution >= 0.6 is 0 Å². The number of ether oxygens (including phenoxy) is 2. The predicted molar refractivity (Wildman–Crippen MR) is 139 cm³/mol. The first-order valence-corrected chi connectivity index (χ1v) is 11.9. The Labute approximate surface area is 204 Å². The third kappa shape index (κ3) is 8.80. The molecule has 0 spiro atoms. The van der Waals surface area contributed by atoms with E-state index in [1.807, 2.05) is 18.2 Å². The summed E-state index contributed by atoms with van der Waals surface area (Å²) in [6.45, 7) is 6.82. The van der Waals surface area contributed by atoms with Crippen LogP contribution < -0.4 is 30.7 Å². The molecule has 3 aromatic rings. The summed E-state index contributed by atoms with van der Waals surface area (Å²) in [6.07, 6.45) is 0. The van der Waals surface area contributed by atoms with Gasteiger partial charge in [0.25, 0.3) is 0 Å². The Kier molecular flexibility index (Phi) is 11.4. The molecule has 0 unspecified atom stereocenters. The minimum absolute atomic E-state index is 0.721. The second-order valence-electron chi connectivity index (χ2n) is 8.17. The van der Waals surface area contributed by atoms with Gasteiger partial charge < -0.3 is 30.7 Å². The van der Waals surface area contributed by atoms with E-state index >= 15 is 0 Å². The summed E-state index contributed by atoms with van der Waals surface area (Å²) >= 11 is 0. The van der Waals surface area contributed by atoms with Crippen molar-refractivity contribution in [1.82, 2.24) is 21.3 Å². The molecule has 6 nitrogen and oxygen atoms in total. The summed E-state index contributed by atoms with van der Waals surface area (Å²) in [4.78, 5) is 0. The Hall–Kier alpha value is -2.90. The summed E-state index contributed by atoms with van der Waals surface area (Å²) in [5, 5.41) is 14.0. The molecule has 0 atom stereocenters. The first-order valence-electron chi connectivity index (χ1n) is 11.9. The van der Waals surface area contributed by atoms with E-state index in [9.17, 15) is 0 Å². The molecule has 4 N–H and O–H groups in total. The molecule has 0 saturated carbocycles. The zero-order valence-electron chi connectivity index (χ0n) is 20.4. The van der Waals surface area contributed by atoms with E-state index in [-0.39, 0.29) is 0 Å². The number of nitrogens with one attached hydrogen (secondary N) is 4. The lowest BCUT2D eigenvalue weighted by molar-refractivity contribution is 0.350. The molecule has 3 rings (SSSR count). The molecule has 6 heteroatoms. The highest BCUT2D eigenvalue weighted by atomic mass is 16.5. The van der Waals surface area contributed by atoms with Crippen LogP contribution in [0.3, 0.4) is 0 Å². The van der Waals surface area contributed by atoms with Crippen LogP contribution in [0.4, 0.5) is 0 Å². The van der Waals surface area contributed by atoms with Crippen LogP contribution in [-0.2, 0) is 26.2 Å². The fourth-order valence-corrected chi connectivity index (χ4v) is 3.81. The van der Waals surface area contributed by atoms with E-state index < -0.39 is 0 Å². The Bertz CT molecular complexity index is 951. The third-order valence-corrected chi connectivity index (χ3v) is 5.56. The molecule has 0 saturated heterocycles. The van der Waals surface area contributed by atoms with Crippen LogP contribution in [-0.4, -0.2) is 40.4 Å². The molecule has 0 aliphatic rings. The normalized spacial score (nSPS) is 10.9. The Morgan fingerprint density at radius 2 is 1.00 bits per heavy atom. The van der Waals surface area contributed by atoms with Gasteiger partial charge in [0, 0.05) is 57.9 Å². The molecule has 0 aromatic heterocycles. The molecule has 0 radical (unpaired) electrons. The van der Waals surface area contributed by atoms with Gasteiger partial charge in [-0.15, -0.1) is 0 Å². The number of methoxy groups -OCH3 is 2. The van der Waals surface area contributed by atoms with Crippen LogP contribution in [0.5, 0.6) is 11.5 Å². The molecule has 0 amide bonds. The van der Waals surface area contributed by atoms with Gasteiger partial charge in [0.15, 0.2) is 11.5 Å². The minimum atomic E-state index is 0.721. The smallest absolute Gasteiger partial charge is 0.165 e. The molecular formula is C28H38N4O2. The minimum Gasteiger partial charge on any atom is -0.493 e. The van der Waals surface area contributed by atoms with E-state index in [2.05, 4.69) is 75.9 Å². The number of rotatable bonds is 16. The molecule has 182 valence electrons. The SMILES string of the molecule is COc1cc(CNCCNCc2ccccc2)cc(CNCCNCc2ccccc2)c1OC. The topological polar surface area (TPSA) is 66.6 Å². The third-order valence-electron chi connectivity index (χ3n) is 5.56. The average Bonchev–Trinajstić information content (AvgIpc) is 2.89. The van der Waals surface area contributed by atoms with E-state index in [1.165, 1.54) is 16.7 Å². The summed E-state index contributed by atoms with van der Waals surface area (Å²) in [5.41, 5.74) is 4.88. The lowest BCUT2D eigenvalue weighted by Gasteiger charge is -2.16. The Balaban J connectivity index is 1.41. The standard InChI is InChI=1S/C28H38N4O2/c1-33-27-18-25(21-31-14-13-29-19-23-9-5-3-6-10-23)17-26(28(27)34-2)22-32-16-15-30-20-24-11-7-4-8-12-24/h3-12,17-18,29-32H,13-16,19-22H2,1-2H3. The van der Waals surface area contributed by atoms with Crippen molar-refractivity contribution < 1.29 is 9.47 Å². The van der Waals surface area contributed by atoms with Crippen molar-refractivity contribution in [3.8, 4) is 11.5 Å². The van der Waals surface area contributed by atoms with Gasteiger partial charge in [0.1, 0.15) is 0 Å². The van der Waals surface area contributed by atoms with E-state index in [1.54, 1.807) is 14.2 Å². The van der Waals surface area contributed by atoms with Crippen LogP contribution in [0.25, 0.3) is 0 Å². The second-order valence-corrected chi connectivity index (χ2v) is 8.17. The molecule has 0 aliphatic carbocycles. The fraction of sp³-hybridized carbons (Fsp3) is 0.357. The van der Waals surface area contributed by atoms with Crippen molar-refractivity contribution in [3.05, 3.63) is 95.1 Å². The highest BCUT2D eigenvalue weighted by molar-refractivity contribution is 5.49. The van der Waals surface area contributed by atoms with Gasteiger partial charge in [-0.3, -0.25) is 0 Å². The van der Waals surface area contributed by atoms with Crippen molar-refractivity contribution in [2.45, 2.75) is 26.2 Å². The van der Waals surface area contributed by atoms with Crippen molar-refractivity contribution in [2.24, 2.45) is 0 Å². The molecule has 0 aliphatic heterocycles. The quantitative estimate of drug-likeness (QED) is 0.245. The van der Waals surface area contributed by atoms with E-state index in [4.69, 9.17) is 9.47 Å². The van der Waals surface area contributed by atoms with E-state index in [0.29, 0.717) is 0 Å². The summed E-state index contributed by atoms with van der Waals surface area (Å²) in [6, 6.07) is 25.1. The highest BCUT2D eigenvalue weighted by Crippen LogP contribution is 2.32. The summed E-state index contributed by atoms with van der Waals surface area (Å²) in [5.74, 6) is 1.56. The zero-order chi connectivity index (χ0) is 23.8. The van der Waals surface area contributed by atoms with Crippen LogP contribution in [0.2, 0.25) is 0 Å². The van der Waals surface area contributed by atoms with Gasteiger partial charge in [-0.25, -0.2) is 0 Å². The number of hydrogen-bond acceptors (Lipinski definition) is 6. The first kappa shape index (κ1) is 25.7. The number of benzene rings is 3. The van der Waals surface area contributed by atoms with Crippen molar-refractivity contribution in [2.75, 3.05) is 40.4 Å². The van der Waals surface area contributed by atoms with Gasteiger partial charge in [-0.1, -0.05) is 60.7 Å². The van der Waals surface area contributed by atoms with Crippen molar-refractivity contribution >= 4 is 0 Å². The van der Waals surface area contributed by atoms with Crippen molar-refractivity contribution in [3.63, 3.8) is 0 Å². The van der Waals surface area contributed by atoms with Gasteiger partial charge >= 0.3 is 0 Å². The molecular weight excluding hydrogens is 424 g/mol. The molecule has 0 heterocycles. The largest absolute Gasteiger partial charge is 0.493 e. The molecule has 0 fully saturated rings.